The van der Waals surface area contributed by atoms with Crippen molar-refractivity contribution >= 4 is 11.6 Å². The van der Waals surface area contributed by atoms with Gasteiger partial charge in [-0.25, -0.2) is 0 Å². The van der Waals surface area contributed by atoms with E-state index in [4.69, 9.17) is 15.1 Å². The van der Waals surface area contributed by atoms with E-state index in [9.17, 15) is 4.79 Å². The summed E-state index contributed by atoms with van der Waals surface area (Å²) in [6.07, 6.45) is 0.466. The molecule has 0 radical (unpaired) electrons. The number of hydrogen-bond donors (Lipinski definition) is 1. The molecule has 1 fully saturated rings. The molecule has 1 saturated heterocycles. The van der Waals surface area contributed by atoms with Crippen LogP contribution in [0.1, 0.15) is 34.5 Å². The predicted octanol–water partition coefficient (Wildman–Crippen LogP) is 2.78. The molecule has 2 heterocycles. The Morgan fingerprint density at radius 3 is 2.59 bits per heavy atom. The first kappa shape index (κ1) is 18.8. The zero-order chi connectivity index (χ0) is 20.2. The van der Waals surface area contributed by atoms with Crippen molar-refractivity contribution in [1.82, 2.24) is 15.0 Å². The van der Waals surface area contributed by atoms with E-state index in [-0.39, 0.29) is 12.5 Å². The molecule has 0 aliphatic carbocycles. The summed E-state index contributed by atoms with van der Waals surface area (Å²) in [7, 11) is 1.48. The minimum atomic E-state index is -0.405. The lowest BCUT2D eigenvalue weighted by Gasteiger charge is -2.21. The van der Waals surface area contributed by atoms with Gasteiger partial charge in [0.15, 0.2) is 5.82 Å². The van der Waals surface area contributed by atoms with Crippen molar-refractivity contribution in [3.05, 3.63) is 71.9 Å². The molecule has 0 saturated carbocycles. The zero-order valence-electron chi connectivity index (χ0n) is 16.0. The van der Waals surface area contributed by atoms with Gasteiger partial charge in [0.2, 0.25) is 5.89 Å². The summed E-state index contributed by atoms with van der Waals surface area (Å²) in [5.74, 6) is 0.612. The minimum Gasteiger partial charge on any atom is -0.399 e. The standard InChI is InChI=1S/C21H21N5O3/c1-28-24-17-11-18(20-23-19(12-22)25-29-20)26(13-17)21(27)16-9-7-15(8-10-16)14-5-3-2-4-6-14/h2-10,18H,11-13,22H2,1H3/b24-17+/t18-/m0/s1. The third kappa shape index (κ3) is 3.88. The molecule has 8 heteroatoms. The molecule has 0 unspecified atom stereocenters. The van der Waals surface area contributed by atoms with Crippen LogP contribution >= 0.6 is 0 Å². The Hall–Kier alpha value is -3.52. The van der Waals surface area contributed by atoms with Gasteiger partial charge in [-0.2, -0.15) is 4.98 Å². The molecular weight excluding hydrogens is 370 g/mol. The van der Waals surface area contributed by atoms with Crippen LogP contribution in [0.25, 0.3) is 11.1 Å². The van der Waals surface area contributed by atoms with Gasteiger partial charge in [-0.1, -0.05) is 52.8 Å². The maximum absolute atomic E-state index is 13.2. The van der Waals surface area contributed by atoms with E-state index in [2.05, 4.69) is 15.3 Å². The molecule has 29 heavy (non-hydrogen) atoms. The van der Waals surface area contributed by atoms with E-state index in [0.717, 1.165) is 16.8 Å². The molecule has 0 bridgehead atoms. The molecule has 1 aliphatic heterocycles. The number of benzene rings is 2. The molecule has 8 nitrogen and oxygen atoms in total. The van der Waals surface area contributed by atoms with Crippen LogP contribution in [0.4, 0.5) is 0 Å². The zero-order valence-corrected chi connectivity index (χ0v) is 16.0. The first-order chi connectivity index (χ1) is 14.2. The minimum absolute atomic E-state index is 0.136. The van der Waals surface area contributed by atoms with Gasteiger partial charge in [0.05, 0.1) is 18.8 Å². The fourth-order valence-corrected chi connectivity index (χ4v) is 3.42. The molecule has 1 aromatic heterocycles. The van der Waals surface area contributed by atoms with Crippen LogP contribution in [-0.4, -0.2) is 40.3 Å². The highest BCUT2D eigenvalue weighted by atomic mass is 16.6. The Balaban J connectivity index is 1.60. The number of nitrogens with zero attached hydrogens (tertiary/aromatic N) is 4. The SMILES string of the molecule is CO/N=C1\C[C@@H](c2nc(CN)no2)N(C(=O)c2ccc(-c3ccccc3)cc2)C1. The van der Waals surface area contributed by atoms with Gasteiger partial charge < -0.3 is 20.0 Å². The number of likely N-dealkylation sites (tertiary alicyclic amines) is 1. The van der Waals surface area contributed by atoms with Crippen LogP contribution in [0.5, 0.6) is 0 Å². The fourth-order valence-electron chi connectivity index (χ4n) is 3.42. The highest BCUT2D eigenvalue weighted by molar-refractivity contribution is 6.00. The summed E-state index contributed by atoms with van der Waals surface area (Å²) in [6.45, 7) is 0.502. The van der Waals surface area contributed by atoms with Crippen LogP contribution in [0.15, 0.2) is 64.3 Å². The molecule has 1 amide bonds. The predicted molar refractivity (Wildman–Crippen MR) is 107 cm³/mol. The highest BCUT2D eigenvalue weighted by Crippen LogP contribution is 2.31. The third-order valence-electron chi connectivity index (χ3n) is 4.83. The van der Waals surface area contributed by atoms with Crippen molar-refractivity contribution in [2.75, 3.05) is 13.7 Å². The first-order valence-electron chi connectivity index (χ1n) is 9.27. The second-order valence-electron chi connectivity index (χ2n) is 6.69. The summed E-state index contributed by atoms with van der Waals surface area (Å²) in [6, 6.07) is 17.1. The number of carbonyl (C=O) groups is 1. The molecule has 3 aromatic rings. The topological polar surface area (TPSA) is 107 Å². The lowest BCUT2D eigenvalue weighted by molar-refractivity contribution is 0.0713. The highest BCUT2D eigenvalue weighted by Gasteiger charge is 2.38. The molecule has 1 aliphatic rings. The molecule has 0 spiro atoms. The van der Waals surface area contributed by atoms with Crippen molar-refractivity contribution in [3.63, 3.8) is 0 Å². The van der Waals surface area contributed by atoms with Crippen LogP contribution in [0.2, 0.25) is 0 Å². The second-order valence-corrected chi connectivity index (χ2v) is 6.69. The lowest BCUT2D eigenvalue weighted by atomic mass is 10.0. The third-order valence-corrected chi connectivity index (χ3v) is 4.83. The van der Waals surface area contributed by atoms with Gasteiger partial charge in [0.25, 0.3) is 5.91 Å². The largest absolute Gasteiger partial charge is 0.399 e. The summed E-state index contributed by atoms with van der Waals surface area (Å²) in [5.41, 5.74) is 9.03. The average Bonchev–Trinajstić information content (AvgIpc) is 3.41. The summed E-state index contributed by atoms with van der Waals surface area (Å²) >= 11 is 0. The fraction of sp³-hybridized carbons (Fsp3) is 0.238. The van der Waals surface area contributed by atoms with E-state index < -0.39 is 6.04 Å². The van der Waals surface area contributed by atoms with Crippen LogP contribution < -0.4 is 5.73 Å². The van der Waals surface area contributed by atoms with Crippen molar-refractivity contribution < 1.29 is 14.2 Å². The Morgan fingerprint density at radius 2 is 1.93 bits per heavy atom. The normalized spacial score (nSPS) is 17.7. The van der Waals surface area contributed by atoms with E-state index in [1.54, 1.807) is 4.90 Å². The van der Waals surface area contributed by atoms with E-state index in [1.165, 1.54) is 7.11 Å². The maximum Gasteiger partial charge on any atom is 0.254 e. The molecular formula is C21H21N5O3. The number of aromatic nitrogens is 2. The number of rotatable bonds is 5. The number of nitrogens with two attached hydrogens (primary N) is 1. The van der Waals surface area contributed by atoms with Gasteiger partial charge in [0, 0.05) is 12.0 Å². The van der Waals surface area contributed by atoms with Crippen molar-refractivity contribution in [3.8, 4) is 11.1 Å². The number of oxime groups is 1. The van der Waals surface area contributed by atoms with Crippen molar-refractivity contribution in [2.45, 2.75) is 19.0 Å². The number of carbonyl (C=O) groups excluding carboxylic acids is 1. The van der Waals surface area contributed by atoms with Crippen molar-refractivity contribution in [2.24, 2.45) is 10.9 Å². The molecule has 2 aromatic carbocycles. The van der Waals surface area contributed by atoms with Gasteiger partial charge in [-0.3, -0.25) is 4.79 Å². The Kier molecular flexibility index (Phi) is 5.35. The van der Waals surface area contributed by atoms with Crippen LogP contribution in [0.3, 0.4) is 0 Å². The summed E-state index contributed by atoms with van der Waals surface area (Å²) in [4.78, 5) is 24.1. The lowest BCUT2D eigenvalue weighted by Crippen LogP contribution is -2.31. The summed E-state index contributed by atoms with van der Waals surface area (Å²) < 4.78 is 5.33. The van der Waals surface area contributed by atoms with Gasteiger partial charge in [-0.15, -0.1) is 0 Å². The number of amides is 1. The quantitative estimate of drug-likeness (QED) is 0.670. The molecule has 4 rings (SSSR count). The van der Waals surface area contributed by atoms with Crippen LogP contribution in [0, 0.1) is 0 Å². The van der Waals surface area contributed by atoms with Gasteiger partial charge >= 0.3 is 0 Å². The summed E-state index contributed by atoms with van der Waals surface area (Å²) in [5, 5.41) is 7.86. The van der Waals surface area contributed by atoms with E-state index in [1.807, 2.05) is 54.6 Å². The second kappa shape index (κ2) is 8.24. The molecule has 2 N–H and O–H groups in total. The van der Waals surface area contributed by atoms with E-state index >= 15 is 0 Å². The Morgan fingerprint density at radius 1 is 1.21 bits per heavy atom. The Bertz CT molecular complexity index is 1010. The first-order valence-corrected chi connectivity index (χ1v) is 9.27. The van der Waals surface area contributed by atoms with Crippen LogP contribution in [-0.2, 0) is 11.4 Å². The van der Waals surface area contributed by atoms with E-state index in [0.29, 0.717) is 30.2 Å². The smallest absolute Gasteiger partial charge is 0.254 e. The number of hydrogen-bond acceptors (Lipinski definition) is 7. The van der Waals surface area contributed by atoms with Gasteiger partial charge in [0.1, 0.15) is 13.2 Å². The monoisotopic (exact) mass is 391 g/mol. The Labute approximate surface area is 168 Å². The van der Waals surface area contributed by atoms with Crippen molar-refractivity contribution in [1.29, 1.82) is 0 Å². The maximum atomic E-state index is 13.2. The molecule has 1 atom stereocenters. The van der Waals surface area contributed by atoms with Gasteiger partial charge in [-0.05, 0) is 23.3 Å². The average molecular weight is 391 g/mol. The molecule has 148 valence electrons.